The second-order valence-electron chi connectivity index (χ2n) is 9.01. The van der Waals surface area contributed by atoms with E-state index in [1.807, 2.05) is 20.8 Å². The Bertz CT molecular complexity index is 699. The second-order valence-corrected chi connectivity index (χ2v) is 9.01. The maximum absolute atomic E-state index is 13.9. The number of carboxylic acid groups (broad SMARTS) is 1. The number of unbranched alkanes of at least 4 members (excludes halogenated alkanes) is 1. The number of carbonyl (C=O) groups excluding carboxylic acids is 1. The van der Waals surface area contributed by atoms with Gasteiger partial charge in [-0.3, -0.25) is 14.2 Å². The number of aliphatic carboxylic acids is 1. The molecule has 1 fully saturated rings. The summed E-state index contributed by atoms with van der Waals surface area (Å²) < 4.78 is 8.06. The first-order valence-electron chi connectivity index (χ1n) is 11.3. The van der Waals surface area contributed by atoms with Gasteiger partial charge in [-0.05, 0) is 57.1 Å². The van der Waals surface area contributed by atoms with E-state index in [4.69, 9.17) is 4.57 Å². The van der Waals surface area contributed by atoms with Gasteiger partial charge in [-0.2, -0.15) is 0 Å². The molecule has 0 aliphatic heterocycles. The molecule has 0 saturated heterocycles. The number of carboxylic acids is 1. The van der Waals surface area contributed by atoms with Crippen LogP contribution in [0.1, 0.15) is 98.7 Å². The molecule has 0 bridgehead atoms. The van der Waals surface area contributed by atoms with Crippen LogP contribution in [-0.4, -0.2) is 16.9 Å². The average molecular weight is 435 g/mol. The summed E-state index contributed by atoms with van der Waals surface area (Å²) in [6.45, 7) is 10.3. The number of hydrogen-bond acceptors (Lipinski definition) is 3. The maximum atomic E-state index is 13.9. The summed E-state index contributed by atoms with van der Waals surface area (Å²) >= 11 is 0. The van der Waals surface area contributed by atoms with Crippen molar-refractivity contribution in [1.82, 2.24) is 0 Å². The highest BCUT2D eigenvalue weighted by atomic mass is 31.0. The third-order valence-corrected chi connectivity index (χ3v) is 6.93. The third kappa shape index (κ3) is 6.00. The molecule has 0 amide bonds. The normalized spacial score (nSPS) is 17.0. The molecule has 2 rings (SSSR count). The van der Waals surface area contributed by atoms with E-state index >= 15 is 0 Å². The minimum Gasteiger partial charge on any atom is -0.481 e. The second kappa shape index (κ2) is 12.3. The Morgan fingerprint density at radius 1 is 1.07 bits per heavy atom. The molecule has 1 saturated carbocycles. The molecular weight excluding hydrogens is 395 g/mol. The molecule has 2 unspecified atom stereocenters. The summed E-state index contributed by atoms with van der Waals surface area (Å²) in [5.74, 6) is -0.902. The Kier molecular flexibility index (Phi) is 10.9. The number of carbonyl (C=O) groups is 2. The topological polar surface area (TPSA) is 71.4 Å². The molecule has 1 aliphatic carbocycles. The van der Waals surface area contributed by atoms with Crippen LogP contribution in [0, 0.1) is 38.0 Å². The molecule has 168 valence electrons. The number of rotatable bonds is 10. The van der Waals surface area contributed by atoms with E-state index in [9.17, 15) is 14.7 Å². The number of benzene rings is 1. The van der Waals surface area contributed by atoms with Gasteiger partial charge in [0.05, 0.1) is 5.92 Å². The van der Waals surface area contributed by atoms with Crippen molar-refractivity contribution in [3.63, 3.8) is 0 Å². The van der Waals surface area contributed by atoms with Crippen LogP contribution in [0.2, 0.25) is 0 Å². The fraction of sp³-hybridized carbons (Fsp3) is 0.680. The fourth-order valence-corrected chi connectivity index (χ4v) is 5.40. The molecule has 1 aromatic carbocycles. The van der Waals surface area contributed by atoms with Crippen LogP contribution in [0.3, 0.4) is 0 Å². The summed E-state index contributed by atoms with van der Waals surface area (Å²) in [6.07, 6.45) is 8.24. The number of Topliss-reactive ketones (excluding diaryl/α,β-unsaturated/α-hetero) is 1. The standard InChI is InChI=1S/C25H38O3.HOP/c1-6-8-11-20(7-2)16-21(24(27)28)25(12-9-10-13-25)23(26)22-18(4)14-17(3)15-19(22)5;1-2/h14-15,20-21H,6-13,16H2,1-5H3,(H,27,28);2H. The zero-order valence-corrected chi connectivity index (χ0v) is 20.3. The fourth-order valence-electron chi connectivity index (χ4n) is 5.40. The first kappa shape index (κ1) is 26.5. The van der Waals surface area contributed by atoms with Gasteiger partial charge in [0.25, 0.3) is 0 Å². The number of ketones is 1. The van der Waals surface area contributed by atoms with Gasteiger partial charge in [-0.25, -0.2) is 0 Å². The van der Waals surface area contributed by atoms with Crippen molar-refractivity contribution in [2.24, 2.45) is 17.3 Å². The monoisotopic (exact) mass is 434 g/mol. The lowest BCUT2D eigenvalue weighted by molar-refractivity contribution is -0.146. The van der Waals surface area contributed by atoms with E-state index in [0.717, 1.165) is 60.8 Å². The van der Waals surface area contributed by atoms with E-state index < -0.39 is 17.3 Å². The van der Waals surface area contributed by atoms with Crippen LogP contribution in [-0.2, 0) is 9.36 Å². The molecule has 4 nitrogen and oxygen atoms in total. The number of hydrogen-bond donors (Lipinski definition) is 1. The van der Waals surface area contributed by atoms with Crippen molar-refractivity contribution in [2.45, 2.75) is 92.4 Å². The highest BCUT2D eigenvalue weighted by Gasteiger charge is 2.51. The van der Waals surface area contributed by atoms with Crippen LogP contribution in [0.5, 0.6) is 0 Å². The van der Waals surface area contributed by atoms with E-state index in [1.54, 1.807) is 9.12 Å². The molecule has 0 aromatic heterocycles. The quantitative estimate of drug-likeness (QED) is 0.314. The minimum absolute atomic E-state index is 0.0812. The Hall–Kier alpha value is -1.54. The first-order valence-corrected chi connectivity index (χ1v) is 11.7. The Morgan fingerprint density at radius 3 is 2.03 bits per heavy atom. The van der Waals surface area contributed by atoms with Gasteiger partial charge in [0.15, 0.2) is 5.78 Å². The van der Waals surface area contributed by atoms with E-state index in [0.29, 0.717) is 25.2 Å². The average Bonchev–Trinajstić information content (AvgIpc) is 3.19. The van der Waals surface area contributed by atoms with Crippen LogP contribution >= 0.6 is 9.12 Å². The van der Waals surface area contributed by atoms with Crippen molar-refractivity contribution in [3.05, 3.63) is 34.4 Å². The summed E-state index contributed by atoms with van der Waals surface area (Å²) in [4.78, 5) is 26.3. The summed E-state index contributed by atoms with van der Waals surface area (Å²) in [5.41, 5.74) is 3.13. The lowest BCUT2D eigenvalue weighted by Gasteiger charge is -2.36. The van der Waals surface area contributed by atoms with Crippen molar-refractivity contribution < 1.29 is 19.3 Å². The molecule has 1 aliphatic rings. The molecule has 2 atom stereocenters. The predicted octanol–water partition coefficient (Wildman–Crippen LogP) is 7.14. The Labute approximate surface area is 184 Å². The third-order valence-electron chi connectivity index (χ3n) is 6.93. The zero-order valence-electron chi connectivity index (χ0n) is 19.3. The summed E-state index contributed by atoms with van der Waals surface area (Å²) in [7, 11) is 1.72. The van der Waals surface area contributed by atoms with Gasteiger partial charge in [0, 0.05) is 11.0 Å². The van der Waals surface area contributed by atoms with Gasteiger partial charge < -0.3 is 5.11 Å². The van der Waals surface area contributed by atoms with E-state index in [-0.39, 0.29) is 5.78 Å². The summed E-state index contributed by atoms with van der Waals surface area (Å²) in [6, 6.07) is 4.10. The Balaban J connectivity index is 0.00000218. The van der Waals surface area contributed by atoms with Gasteiger partial charge >= 0.3 is 5.97 Å². The van der Waals surface area contributed by atoms with Crippen molar-refractivity contribution in [2.75, 3.05) is 0 Å². The molecule has 1 aromatic rings. The van der Waals surface area contributed by atoms with Gasteiger partial charge in [0.2, 0.25) is 0 Å². The molecule has 0 radical (unpaired) electrons. The lowest BCUT2D eigenvalue weighted by atomic mass is 9.65. The summed E-state index contributed by atoms with van der Waals surface area (Å²) in [5, 5.41) is 10.2. The van der Waals surface area contributed by atoms with Gasteiger partial charge in [-0.1, -0.05) is 70.1 Å². The lowest BCUT2D eigenvalue weighted by Crippen LogP contribution is -2.42. The highest BCUT2D eigenvalue weighted by molar-refractivity contribution is 7.00. The Morgan fingerprint density at radius 2 is 1.60 bits per heavy atom. The van der Waals surface area contributed by atoms with Gasteiger partial charge in [-0.15, -0.1) is 0 Å². The van der Waals surface area contributed by atoms with Crippen LogP contribution < -0.4 is 0 Å². The molecule has 1 N–H and O–H groups in total. The predicted molar refractivity (Wildman–Crippen MR) is 124 cm³/mol. The molecule has 5 heteroatoms. The highest BCUT2D eigenvalue weighted by Crippen LogP contribution is 2.50. The van der Waals surface area contributed by atoms with Crippen LogP contribution in [0.15, 0.2) is 12.1 Å². The number of aryl methyl sites for hydroxylation is 3. The van der Waals surface area contributed by atoms with E-state index in [1.165, 1.54) is 0 Å². The smallest absolute Gasteiger partial charge is 0.307 e. The molecule has 30 heavy (non-hydrogen) atoms. The van der Waals surface area contributed by atoms with Crippen molar-refractivity contribution in [3.8, 4) is 0 Å². The van der Waals surface area contributed by atoms with E-state index in [2.05, 4.69) is 26.0 Å². The maximum Gasteiger partial charge on any atom is 0.307 e. The molecular formula is C25H39O4P. The van der Waals surface area contributed by atoms with Crippen molar-refractivity contribution in [1.29, 1.82) is 0 Å². The van der Waals surface area contributed by atoms with Gasteiger partial charge in [0.1, 0.15) is 9.12 Å². The SMILES string of the molecule is CCCCC(CC)CC(C(=O)O)C1(C(=O)c2c(C)cc(C)cc2C)CCCC1.O=P. The van der Waals surface area contributed by atoms with Crippen LogP contribution in [0.4, 0.5) is 0 Å². The zero-order chi connectivity index (χ0) is 22.9. The largest absolute Gasteiger partial charge is 0.481 e. The first-order chi connectivity index (χ1) is 14.3. The molecule has 0 spiro atoms. The molecule has 0 heterocycles. The van der Waals surface area contributed by atoms with Crippen LogP contribution in [0.25, 0.3) is 0 Å². The minimum atomic E-state index is -0.785. The van der Waals surface area contributed by atoms with Crippen molar-refractivity contribution >= 4 is 20.9 Å².